The minimum Gasteiger partial charge on any atom is -0.484 e. The fraction of sp³-hybridized carbons (Fsp3) is 0.444. The van der Waals surface area contributed by atoms with Crippen LogP contribution in [0.1, 0.15) is 18.4 Å². The molecule has 2 N–H and O–H groups in total. The number of carbonyl (C=O) groups is 1. The average molecular weight is 419 g/mol. The summed E-state index contributed by atoms with van der Waals surface area (Å²) in [7, 11) is 0. The van der Waals surface area contributed by atoms with Gasteiger partial charge in [0.05, 0.1) is 0 Å². The van der Waals surface area contributed by atoms with Gasteiger partial charge in [-0.15, -0.1) is 12.4 Å². The van der Waals surface area contributed by atoms with E-state index in [2.05, 4.69) is 15.7 Å². The van der Waals surface area contributed by atoms with Crippen LogP contribution in [0.15, 0.2) is 42.7 Å². The molecule has 1 aromatic heterocycles. The monoisotopic (exact) mass is 418 g/mol. The lowest BCUT2D eigenvalue weighted by Gasteiger charge is -2.36. The van der Waals surface area contributed by atoms with Gasteiger partial charge in [-0.25, -0.2) is 0 Å². The molecule has 1 aliphatic rings. The number of rotatable bonds is 6. The van der Waals surface area contributed by atoms with Crippen LogP contribution in [0.5, 0.6) is 5.75 Å². The Labute approximate surface area is 166 Å². The van der Waals surface area contributed by atoms with E-state index in [1.54, 1.807) is 35.3 Å². The Kier molecular flexibility index (Phi) is 7.31. The molecule has 1 aromatic carbocycles. The number of aromatic nitrogens is 2. The second-order valence-corrected chi connectivity index (χ2v) is 6.47. The first kappa shape index (κ1) is 22.0. The van der Waals surface area contributed by atoms with Gasteiger partial charge in [0.15, 0.2) is 6.61 Å². The van der Waals surface area contributed by atoms with E-state index >= 15 is 0 Å². The van der Waals surface area contributed by atoms with Crippen molar-refractivity contribution in [2.45, 2.75) is 31.1 Å². The molecule has 0 unspecified atom stereocenters. The largest absolute Gasteiger partial charge is 0.484 e. The summed E-state index contributed by atoms with van der Waals surface area (Å²) in [5.74, 6) is -0.0444. The van der Waals surface area contributed by atoms with Crippen molar-refractivity contribution in [1.29, 1.82) is 0 Å². The molecule has 1 amide bonds. The molecular formula is C18H22ClF3N4O2. The van der Waals surface area contributed by atoms with Crippen molar-refractivity contribution < 1.29 is 22.7 Å². The van der Waals surface area contributed by atoms with Crippen molar-refractivity contribution >= 4 is 18.3 Å². The quantitative estimate of drug-likeness (QED) is 0.756. The van der Waals surface area contributed by atoms with Crippen LogP contribution in [-0.2, 0) is 16.9 Å². The molecule has 28 heavy (non-hydrogen) atoms. The summed E-state index contributed by atoms with van der Waals surface area (Å²) < 4.78 is 43.3. The number of hydrogen-bond donors (Lipinski definition) is 2. The molecule has 0 spiro atoms. The predicted molar refractivity (Wildman–Crippen MR) is 99.4 cm³/mol. The highest BCUT2D eigenvalue weighted by Crippen LogP contribution is 2.27. The van der Waals surface area contributed by atoms with Crippen molar-refractivity contribution in [3.05, 3.63) is 48.3 Å². The van der Waals surface area contributed by atoms with Crippen LogP contribution in [-0.4, -0.2) is 41.6 Å². The highest BCUT2D eigenvalue weighted by atomic mass is 35.5. The van der Waals surface area contributed by atoms with Crippen LogP contribution in [0.4, 0.5) is 13.2 Å². The lowest BCUT2D eigenvalue weighted by Crippen LogP contribution is -2.54. The number of hydrogen-bond acceptors (Lipinski definition) is 4. The van der Waals surface area contributed by atoms with Gasteiger partial charge in [0.2, 0.25) is 5.91 Å². The maximum absolute atomic E-state index is 13.0. The summed E-state index contributed by atoms with van der Waals surface area (Å²) in [6.45, 7) is 0.249. The molecule has 1 aliphatic heterocycles. The lowest BCUT2D eigenvalue weighted by molar-refractivity contribution is -0.153. The van der Waals surface area contributed by atoms with Crippen molar-refractivity contribution in [1.82, 2.24) is 20.4 Å². The van der Waals surface area contributed by atoms with Gasteiger partial charge in [-0.1, -0.05) is 12.1 Å². The van der Waals surface area contributed by atoms with Gasteiger partial charge < -0.3 is 15.4 Å². The second-order valence-electron chi connectivity index (χ2n) is 6.47. The number of halogens is 4. The summed E-state index contributed by atoms with van der Waals surface area (Å²) in [6, 6.07) is 8.05. The Balaban J connectivity index is 0.00000280. The van der Waals surface area contributed by atoms with E-state index in [-0.39, 0.29) is 30.6 Å². The fourth-order valence-electron chi connectivity index (χ4n) is 3.18. The Hall–Kier alpha value is -2.26. The molecule has 2 aromatic rings. The van der Waals surface area contributed by atoms with E-state index in [9.17, 15) is 18.0 Å². The molecule has 0 atom stereocenters. The lowest BCUT2D eigenvalue weighted by atomic mass is 9.87. The molecule has 0 radical (unpaired) electrons. The highest BCUT2D eigenvalue weighted by molar-refractivity contribution is 5.85. The molecular weight excluding hydrogens is 397 g/mol. The van der Waals surface area contributed by atoms with Gasteiger partial charge in [-0.05, 0) is 49.7 Å². The first-order chi connectivity index (χ1) is 12.9. The average Bonchev–Trinajstić information content (AvgIpc) is 3.20. The first-order valence-electron chi connectivity index (χ1n) is 8.67. The van der Waals surface area contributed by atoms with Crippen LogP contribution in [0.25, 0.3) is 0 Å². The number of benzene rings is 1. The number of ether oxygens (including phenoxy) is 1. The molecule has 0 aliphatic carbocycles. The van der Waals surface area contributed by atoms with Gasteiger partial charge in [0, 0.05) is 18.9 Å². The van der Waals surface area contributed by atoms with E-state index in [1.165, 1.54) is 12.1 Å². The van der Waals surface area contributed by atoms with E-state index in [1.807, 2.05) is 0 Å². The number of nitrogens with zero attached hydrogens (tertiary/aromatic N) is 2. The first-order valence-corrected chi connectivity index (χ1v) is 8.67. The highest BCUT2D eigenvalue weighted by Gasteiger charge is 2.41. The second kappa shape index (κ2) is 9.29. The number of nitrogens with one attached hydrogen (secondary N) is 2. The minimum atomic E-state index is -4.39. The van der Waals surface area contributed by atoms with Crippen molar-refractivity contribution in [2.75, 3.05) is 19.7 Å². The summed E-state index contributed by atoms with van der Waals surface area (Å²) in [5, 5.41) is 10.4. The zero-order valence-electron chi connectivity index (χ0n) is 15.0. The molecule has 2 heterocycles. The zero-order valence-corrected chi connectivity index (χ0v) is 15.9. The van der Waals surface area contributed by atoms with Gasteiger partial charge in [0.25, 0.3) is 0 Å². The summed E-state index contributed by atoms with van der Waals surface area (Å²) in [5.41, 5.74) is -0.105. The number of carbonyl (C=O) groups excluding carboxylic acids is 1. The van der Waals surface area contributed by atoms with Crippen LogP contribution in [0.2, 0.25) is 0 Å². The summed E-state index contributed by atoms with van der Waals surface area (Å²) in [4.78, 5) is 13.0. The molecule has 6 nitrogen and oxygen atoms in total. The van der Waals surface area contributed by atoms with Gasteiger partial charge in [0.1, 0.15) is 11.3 Å². The molecule has 1 saturated heterocycles. The molecule has 0 saturated carbocycles. The maximum Gasteiger partial charge on any atom is 0.422 e. The van der Waals surface area contributed by atoms with Crippen LogP contribution in [0, 0.1) is 0 Å². The Morgan fingerprint density at radius 1 is 1.29 bits per heavy atom. The Morgan fingerprint density at radius 2 is 2.04 bits per heavy atom. The number of alkyl halides is 3. The summed E-state index contributed by atoms with van der Waals surface area (Å²) in [6.07, 6.45) is 0.231. The molecule has 1 fully saturated rings. The van der Waals surface area contributed by atoms with Gasteiger partial charge in [-0.3, -0.25) is 9.48 Å². The smallest absolute Gasteiger partial charge is 0.422 e. The normalized spacial score (nSPS) is 16.1. The van der Waals surface area contributed by atoms with Crippen molar-refractivity contribution in [2.24, 2.45) is 0 Å². The Bertz CT molecular complexity index is 762. The standard InChI is InChI=1S/C18H21F3N4O2.ClH/c19-18(20,21)13-27-15-4-1-3-14(11-15)12-23-16(26)17(5-8-22-9-6-17)25-10-2-7-24-25;/h1-4,7,10-11,22H,5-6,8-9,12-13H2,(H,23,26);1H. The SMILES string of the molecule is Cl.O=C(NCc1cccc(OCC(F)(F)F)c1)C1(n2cccn2)CCNCC1. The molecule has 10 heteroatoms. The van der Waals surface area contributed by atoms with Gasteiger partial charge in [-0.2, -0.15) is 18.3 Å². The van der Waals surface area contributed by atoms with E-state index in [0.29, 0.717) is 31.5 Å². The van der Waals surface area contributed by atoms with Crippen molar-refractivity contribution in [3.8, 4) is 5.75 Å². The van der Waals surface area contributed by atoms with Crippen LogP contribution < -0.4 is 15.4 Å². The van der Waals surface area contributed by atoms with Crippen molar-refractivity contribution in [3.63, 3.8) is 0 Å². The van der Waals surface area contributed by atoms with E-state index in [0.717, 1.165) is 0 Å². The maximum atomic E-state index is 13.0. The van der Waals surface area contributed by atoms with E-state index < -0.39 is 18.3 Å². The third-order valence-corrected chi connectivity index (χ3v) is 4.55. The zero-order chi connectivity index (χ0) is 19.3. The Morgan fingerprint density at radius 3 is 2.68 bits per heavy atom. The molecule has 0 bridgehead atoms. The van der Waals surface area contributed by atoms with Crippen LogP contribution >= 0.6 is 12.4 Å². The number of piperidine rings is 1. The number of amides is 1. The van der Waals surface area contributed by atoms with E-state index in [4.69, 9.17) is 4.74 Å². The molecule has 3 rings (SSSR count). The third kappa shape index (κ3) is 5.39. The molecule has 154 valence electrons. The topological polar surface area (TPSA) is 68.2 Å². The third-order valence-electron chi connectivity index (χ3n) is 4.55. The van der Waals surface area contributed by atoms with Gasteiger partial charge >= 0.3 is 6.18 Å². The fourth-order valence-corrected chi connectivity index (χ4v) is 3.18. The van der Waals surface area contributed by atoms with Crippen LogP contribution in [0.3, 0.4) is 0 Å². The minimum absolute atomic E-state index is 0. The summed E-state index contributed by atoms with van der Waals surface area (Å²) >= 11 is 0. The predicted octanol–water partition coefficient (Wildman–Crippen LogP) is 2.64.